The van der Waals surface area contributed by atoms with Crippen LogP contribution in [0.2, 0.25) is 0 Å². The van der Waals surface area contributed by atoms with Crippen molar-refractivity contribution >= 4 is 23.2 Å². The SMILES string of the molecule is CCCC(=O)Nc1ccc(N2CCCCC2)c(C(=O)N2CCCC2)c1. The van der Waals surface area contributed by atoms with E-state index in [4.69, 9.17) is 0 Å². The monoisotopic (exact) mass is 343 g/mol. The van der Waals surface area contributed by atoms with Crippen molar-refractivity contribution in [1.29, 1.82) is 0 Å². The fraction of sp³-hybridized carbons (Fsp3) is 0.600. The number of hydrogen-bond acceptors (Lipinski definition) is 3. The number of nitrogens with one attached hydrogen (secondary N) is 1. The maximum absolute atomic E-state index is 13.1. The predicted molar refractivity (Wildman–Crippen MR) is 101 cm³/mol. The van der Waals surface area contributed by atoms with Crippen LogP contribution in [-0.2, 0) is 4.79 Å². The van der Waals surface area contributed by atoms with Crippen LogP contribution >= 0.6 is 0 Å². The predicted octanol–water partition coefficient (Wildman–Crippen LogP) is 3.65. The van der Waals surface area contributed by atoms with Gasteiger partial charge in [-0.1, -0.05) is 6.92 Å². The first-order valence-corrected chi connectivity index (χ1v) is 9.67. The summed E-state index contributed by atoms with van der Waals surface area (Å²) in [6.45, 7) is 5.67. The van der Waals surface area contributed by atoms with E-state index in [1.807, 2.05) is 30.0 Å². The molecule has 0 saturated carbocycles. The lowest BCUT2D eigenvalue weighted by Crippen LogP contribution is -2.34. The lowest BCUT2D eigenvalue weighted by Gasteiger charge is -2.31. The van der Waals surface area contributed by atoms with Gasteiger partial charge < -0.3 is 15.1 Å². The minimum absolute atomic E-state index is 0.00722. The van der Waals surface area contributed by atoms with Gasteiger partial charge in [0.25, 0.3) is 5.91 Å². The van der Waals surface area contributed by atoms with Gasteiger partial charge in [0.1, 0.15) is 0 Å². The molecule has 0 bridgehead atoms. The van der Waals surface area contributed by atoms with Crippen molar-refractivity contribution in [2.75, 3.05) is 36.4 Å². The van der Waals surface area contributed by atoms with E-state index in [0.29, 0.717) is 6.42 Å². The number of benzene rings is 1. The van der Waals surface area contributed by atoms with E-state index in [1.165, 1.54) is 19.3 Å². The number of piperidine rings is 1. The normalized spacial score (nSPS) is 17.6. The summed E-state index contributed by atoms with van der Waals surface area (Å²) in [7, 11) is 0. The molecule has 1 N–H and O–H groups in total. The summed E-state index contributed by atoms with van der Waals surface area (Å²) in [5.41, 5.74) is 2.48. The summed E-state index contributed by atoms with van der Waals surface area (Å²) >= 11 is 0. The third kappa shape index (κ3) is 4.33. The second kappa shape index (κ2) is 8.37. The van der Waals surface area contributed by atoms with Gasteiger partial charge in [0, 0.05) is 44.0 Å². The highest BCUT2D eigenvalue weighted by molar-refractivity contribution is 6.02. The molecule has 2 aliphatic rings. The smallest absolute Gasteiger partial charge is 0.256 e. The fourth-order valence-electron chi connectivity index (χ4n) is 3.74. The van der Waals surface area contributed by atoms with Crippen molar-refractivity contribution in [3.63, 3.8) is 0 Å². The molecule has 0 spiro atoms. The number of rotatable bonds is 5. The Bertz CT molecular complexity index is 617. The highest BCUT2D eigenvalue weighted by Crippen LogP contribution is 2.29. The number of carbonyl (C=O) groups excluding carboxylic acids is 2. The van der Waals surface area contributed by atoms with Crippen LogP contribution in [-0.4, -0.2) is 42.9 Å². The molecule has 3 rings (SSSR count). The van der Waals surface area contributed by atoms with E-state index in [-0.39, 0.29) is 11.8 Å². The average Bonchev–Trinajstić information content (AvgIpc) is 3.16. The van der Waals surface area contributed by atoms with Crippen LogP contribution in [0.3, 0.4) is 0 Å². The Hall–Kier alpha value is -2.04. The van der Waals surface area contributed by atoms with Crippen molar-refractivity contribution in [2.24, 2.45) is 0 Å². The summed E-state index contributed by atoms with van der Waals surface area (Å²) in [6.07, 6.45) is 7.09. The summed E-state index contributed by atoms with van der Waals surface area (Å²) in [6, 6.07) is 5.81. The maximum atomic E-state index is 13.1. The molecular weight excluding hydrogens is 314 g/mol. The summed E-state index contributed by atoms with van der Waals surface area (Å²) < 4.78 is 0. The van der Waals surface area contributed by atoms with Crippen molar-refractivity contribution in [1.82, 2.24) is 4.90 Å². The Morgan fingerprint density at radius 2 is 1.68 bits per heavy atom. The number of likely N-dealkylation sites (tertiary alicyclic amines) is 1. The number of carbonyl (C=O) groups is 2. The molecule has 5 heteroatoms. The number of anilines is 2. The Labute approximate surface area is 150 Å². The van der Waals surface area contributed by atoms with Crippen LogP contribution in [0, 0.1) is 0 Å². The van der Waals surface area contributed by atoms with E-state index in [1.54, 1.807) is 0 Å². The minimum atomic E-state index is 0.00722. The first kappa shape index (κ1) is 17.8. The molecule has 2 aliphatic heterocycles. The number of amides is 2. The zero-order valence-electron chi connectivity index (χ0n) is 15.2. The van der Waals surface area contributed by atoms with Gasteiger partial charge in [-0.3, -0.25) is 9.59 Å². The van der Waals surface area contributed by atoms with Crippen molar-refractivity contribution in [3.8, 4) is 0 Å². The first-order chi connectivity index (χ1) is 12.2. The topological polar surface area (TPSA) is 52.7 Å². The maximum Gasteiger partial charge on any atom is 0.256 e. The standard InChI is InChI=1S/C20H29N3O2/c1-2-8-19(24)21-16-9-10-18(22-11-4-3-5-12-22)17(15-16)20(25)23-13-6-7-14-23/h9-10,15H,2-8,11-14H2,1H3,(H,21,24). The molecule has 0 radical (unpaired) electrons. The van der Waals surface area contributed by atoms with Crippen LogP contribution in [0.5, 0.6) is 0 Å². The lowest BCUT2D eigenvalue weighted by atomic mass is 10.1. The van der Waals surface area contributed by atoms with E-state index < -0.39 is 0 Å². The third-order valence-corrected chi connectivity index (χ3v) is 5.08. The van der Waals surface area contributed by atoms with E-state index in [9.17, 15) is 9.59 Å². The quantitative estimate of drug-likeness (QED) is 0.888. The van der Waals surface area contributed by atoms with Crippen LogP contribution in [0.1, 0.15) is 62.2 Å². The van der Waals surface area contributed by atoms with Gasteiger partial charge in [0.05, 0.1) is 5.56 Å². The molecule has 0 unspecified atom stereocenters. The Balaban J connectivity index is 1.87. The van der Waals surface area contributed by atoms with Crippen molar-refractivity contribution in [2.45, 2.75) is 51.9 Å². The first-order valence-electron chi connectivity index (χ1n) is 9.67. The molecule has 1 aromatic rings. The second-order valence-electron chi connectivity index (χ2n) is 7.08. The molecule has 2 saturated heterocycles. The molecule has 25 heavy (non-hydrogen) atoms. The zero-order chi connectivity index (χ0) is 17.6. The highest BCUT2D eigenvalue weighted by Gasteiger charge is 2.25. The van der Waals surface area contributed by atoms with Gasteiger partial charge in [0.15, 0.2) is 0 Å². The van der Waals surface area contributed by atoms with Crippen LogP contribution in [0.4, 0.5) is 11.4 Å². The molecule has 1 aromatic carbocycles. The molecule has 2 fully saturated rings. The molecule has 136 valence electrons. The molecule has 2 heterocycles. The van der Waals surface area contributed by atoms with E-state index >= 15 is 0 Å². The minimum Gasteiger partial charge on any atom is -0.371 e. The summed E-state index contributed by atoms with van der Waals surface area (Å²) in [4.78, 5) is 29.2. The zero-order valence-corrected chi connectivity index (χ0v) is 15.2. The third-order valence-electron chi connectivity index (χ3n) is 5.08. The fourth-order valence-corrected chi connectivity index (χ4v) is 3.74. The Morgan fingerprint density at radius 3 is 2.36 bits per heavy atom. The van der Waals surface area contributed by atoms with E-state index in [2.05, 4.69) is 10.2 Å². The van der Waals surface area contributed by atoms with Gasteiger partial charge in [-0.2, -0.15) is 0 Å². The van der Waals surface area contributed by atoms with Crippen LogP contribution in [0.25, 0.3) is 0 Å². The summed E-state index contributed by atoms with van der Waals surface area (Å²) in [5, 5.41) is 2.93. The molecule has 0 aliphatic carbocycles. The molecular formula is C20H29N3O2. The van der Waals surface area contributed by atoms with Gasteiger partial charge >= 0.3 is 0 Å². The van der Waals surface area contributed by atoms with Crippen LogP contribution in [0.15, 0.2) is 18.2 Å². The largest absolute Gasteiger partial charge is 0.371 e. The van der Waals surface area contributed by atoms with Crippen molar-refractivity contribution < 1.29 is 9.59 Å². The molecule has 5 nitrogen and oxygen atoms in total. The summed E-state index contributed by atoms with van der Waals surface area (Å²) in [5.74, 6) is 0.109. The number of nitrogens with zero attached hydrogens (tertiary/aromatic N) is 2. The number of hydrogen-bond donors (Lipinski definition) is 1. The van der Waals surface area contributed by atoms with Gasteiger partial charge in [-0.05, 0) is 56.7 Å². The van der Waals surface area contributed by atoms with Gasteiger partial charge in [-0.15, -0.1) is 0 Å². The average molecular weight is 343 g/mol. The molecule has 0 aromatic heterocycles. The lowest BCUT2D eigenvalue weighted by molar-refractivity contribution is -0.116. The molecule has 0 atom stereocenters. The van der Waals surface area contributed by atoms with Crippen LogP contribution < -0.4 is 10.2 Å². The van der Waals surface area contributed by atoms with Gasteiger partial charge in [0.2, 0.25) is 5.91 Å². The highest BCUT2D eigenvalue weighted by atomic mass is 16.2. The van der Waals surface area contributed by atoms with E-state index in [0.717, 1.165) is 62.4 Å². The molecule has 2 amide bonds. The van der Waals surface area contributed by atoms with Crippen molar-refractivity contribution in [3.05, 3.63) is 23.8 Å². The van der Waals surface area contributed by atoms with Gasteiger partial charge in [-0.25, -0.2) is 0 Å². The Kier molecular flexibility index (Phi) is 5.95. The Morgan fingerprint density at radius 1 is 1.00 bits per heavy atom. The second-order valence-corrected chi connectivity index (χ2v) is 7.08.